The van der Waals surface area contributed by atoms with Crippen LogP contribution in [-0.2, 0) is 14.8 Å². The molecule has 1 aromatic rings. The quantitative estimate of drug-likeness (QED) is 0.795. The SMILES string of the molecule is O=C(NC1=NCCS1)[C@@H]1CCCCN1S(=O)(=O)c1ccc(Br)cc1. The van der Waals surface area contributed by atoms with Crippen molar-refractivity contribution in [2.45, 2.75) is 30.2 Å². The van der Waals surface area contributed by atoms with Crippen LogP contribution in [0.1, 0.15) is 19.3 Å². The Bertz CT molecular complexity index is 750. The third kappa shape index (κ3) is 3.84. The maximum absolute atomic E-state index is 12.9. The Morgan fingerprint density at radius 2 is 2.04 bits per heavy atom. The zero-order valence-corrected chi connectivity index (χ0v) is 16.2. The number of sulfonamides is 1. The summed E-state index contributed by atoms with van der Waals surface area (Å²) in [5.41, 5.74) is 0. The van der Waals surface area contributed by atoms with Gasteiger partial charge in [-0.15, -0.1) is 0 Å². The van der Waals surface area contributed by atoms with E-state index < -0.39 is 16.1 Å². The van der Waals surface area contributed by atoms with Gasteiger partial charge in [-0.05, 0) is 37.1 Å². The molecule has 0 saturated carbocycles. The molecule has 0 aliphatic carbocycles. The maximum Gasteiger partial charge on any atom is 0.244 e. The van der Waals surface area contributed by atoms with Gasteiger partial charge in [-0.25, -0.2) is 8.42 Å². The molecule has 0 bridgehead atoms. The van der Waals surface area contributed by atoms with Gasteiger partial charge in [0.05, 0.1) is 11.4 Å². The first kappa shape index (κ1) is 17.9. The van der Waals surface area contributed by atoms with Crippen molar-refractivity contribution in [3.63, 3.8) is 0 Å². The molecule has 3 rings (SSSR count). The van der Waals surface area contributed by atoms with Crippen LogP contribution >= 0.6 is 27.7 Å². The van der Waals surface area contributed by atoms with Crippen LogP contribution < -0.4 is 5.32 Å². The van der Waals surface area contributed by atoms with Crippen molar-refractivity contribution in [3.8, 4) is 0 Å². The molecule has 6 nitrogen and oxygen atoms in total. The summed E-state index contributed by atoms with van der Waals surface area (Å²) in [4.78, 5) is 17.0. The minimum absolute atomic E-state index is 0.206. The standard InChI is InChI=1S/C15H18BrN3O3S2/c16-11-4-6-12(7-5-11)24(21,22)19-9-2-1-3-13(19)14(20)18-15-17-8-10-23-15/h4-7,13H,1-3,8-10H2,(H,17,18,20)/t13-/m0/s1. The van der Waals surface area contributed by atoms with Gasteiger partial charge in [0, 0.05) is 16.8 Å². The number of benzene rings is 1. The Balaban J connectivity index is 1.83. The molecule has 24 heavy (non-hydrogen) atoms. The van der Waals surface area contributed by atoms with E-state index in [4.69, 9.17) is 0 Å². The van der Waals surface area contributed by atoms with Crippen LogP contribution in [0.4, 0.5) is 0 Å². The summed E-state index contributed by atoms with van der Waals surface area (Å²) in [6.07, 6.45) is 2.12. The van der Waals surface area contributed by atoms with E-state index in [0.29, 0.717) is 24.7 Å². The topological polar surface area (TPSA) is 78.8 Å². The molecule has 1 amide bonds. The zero-order chi connectivity index (χ0) is 17.2. The highest BCUT2D eigenvalue weighted by molar-refractivity contribution is 9.10. The van der Waals surface area contributed by atoms with Crippen LogP contribution in [0.5, 0.6) is 0 Å². The van der Waals surface area contributed by atoms with E-state index in [2.05, 4.69) is 26.2 Å². The van der Waals surface area contributed by atoms with Crippen molar-refractivity contribution in [1.29, 1.82) is 0 Å². The summed E-state index contributed by atoms with van der Waals surface area (Å²) in [5, 5.41) is 3.36. The lowest BCUT2D eigenvalue weighted by molar-refractivity contribution is -0.124. The predicted molar refractivity (Wildman–Crippen MR) is 98.6 cm³/mol. The molecule has 1 N–H and O–H groups in total. The van der Waals surface area contributed by atoms with E-state index in [9.17, 15) is 13.2 Å². The normalized spacial score (nSPS) is 22.2. The number of hydrogen-bond acceptors (Lipinski definition) is 5. The number of nitrogens with zero attached hydrogens (tertiary/aromatic N) is 2. The molecule has 0 spiro atoms. The Morgan fingerprint density at radius 1 is 1.29 bits per heavy atom. The minimum Gasteiger partial charge on any atom is -0.304 e. The van der Waals surface area contributed by atoms with Crippen LogP contribution in [0.15, 0.2) is 38.6 Å². The lowest BCUT2D eigenvalue weighted by atomic mass is 10.0. The van der Waals surface area contributed by atoms with Gasteiger partial charge in [0.25, 0.3) is 0 Å². The third-order valence-corrected chi connectivity index (χ3v) is 7.33. The minimum atomic E-state index is -3.70. The van der Waals surface area contributed by atoms with E-state index >= 15 is 0 Å². The number of carbonyl (C=O) groups excluding carboxylic acids is 1. The Hall–Kier alpha value is -0.900. The zero-order valence-electron chi connectivity index (χ0n) is 12.9. The molecule has 2 aliphatic rings. The van der Waals surface area contributed by atoms with Gasteiger partial charge < -0.3 is 5.32 Å². The second-order valence-electron chi connectivity index (χ2n) is 5.61. The van der Waals surface area contributed by atoms with Crippen molar-refractivity contribution < 1.29 is 13.2 Å². The summed E-state index contributed by atoms with van der Waals surface area (Å²) >= 11 is 4.79. The summed E-state index contributed by atoms with van der Waals surface area (Å²) in [6, 6.07) is 5.81. The number of aliphatic imine (C=N–C) groups is 1. The van der Waals surface area contributed by atoms with Crippen molar-refractivity contribution in [2.24, 2.45) is 4.99 Å². The number of halogens is 1. The van der Waals surface area contributed by atoms with E-state index in [0.717, 1.165) is 23.1 Å². The largest absolute Gasteiger partial charge is 0.304 e. The first-order chi connectivity index (χ1) is 11.5. The van der Waals surface area contributed by atoms with E-state index in [1.807, 2.05) is 0 Å². The summed E-state index contributed by atoms with van der Waals surface area (Å²) in [7, 11) is -3.70. The lowest BCUT2D eigenvalue weighted by Crippen LogP contribution is -2.52. The van der Waals surface area contributed by atoms with Gasteiger partial charge in [-0.2, -0.15) is 4.31 Å². The van der Waals surface area contributed by atoms with E-state index in [-0.39, 0.29) is 10.8 Å². The van der Waals surface area contributed by atoms with Crippen molar-refractivity contribution in [2.75, 3.05) is 18.8 Å². The lowest BCUT2D eigenvalue weighted by Gasteiger charge is -2.33. The average molecular weight is 432 g/mol. The van der Waals surface area contributed by atoms with Crippen molar-refractivity contribution >= 4 is 48.8 Å². The number of piperidine rings is 1. The van der Waals surface area contributed by atoms with Crippen LogP contribution in [0.2, 0.25) is 0 Å². The number of amidine groups is 1. The first-order valence-electron chi connectivity index (χ1n) is 7.74. The molecule has 1 saturated heterocycles. The molecule has 130 valence electrons. The van der Waals surface area contributed by atoms with E-state index in [1.54, 1.807) is 24.3 Å². The van der Waals surface area contributed by atoms with Crippen LogP contribution in [0.3, 0.4) is 0 Å². The second kappa shape index (κ2) is 7.55. The molecule has 1 fully saturated rings. The van der Waals surface area contributed by atoms with E-state index in [1.165, 1.54) is 16.1 Å². The molecular formula is C15H18BrN3O3S2. The monoisotopic (exact) mass is 431 g/mol. The maximum atomic E-state index is 12.9. The van der Waals surface area contributed by atoms with Gasteiger partial charge in [0.1, 0.15) is 6.04 Å². The Kier molecular flexibility index (Phi) is 5.63. The van der Waals surface area contributed by atoms with Gasteiger partial charge in [0.2, 0.25) is 15.9 Å². The summed E-state index contributed by atoms with van der Waals surface area (Å²) in [6.45, 7) is 1.04. The number of nitrogens with one attached hydrogen (secondary N) is 1. The fourth-order valence-electron chi connectivity index (χ4n) is 2.80. The van der Waals surface area contributed by atoms with Crippen LogP contribution in [-0.4, -0.2) is 48.7 Å². The number of rotatable bonds is 3. The summed E-state index contributed by atoms with van der Waals surface area (Å²) in [5.74, 6) is 0.560. The van der Waals surface area contributed by atoms with Gasteiger partial charge in [-0.3, -0.25) is 9.79 Å². The first-order valence-corrected chi connectivity index (χ1v) is 11.0. The molecular weight excluding hydrogens is 414 g/mol. The highest BCUT2D eigenvalue weighted by Crippen LogP contribution is 2.26. The number of thioether (sulfide) groups is 1. The predicted octanol–water partition coefficient (Wildman–Crippen LogP) is 2.21. The number of hydrogen-bond donors (Lipinski definition) is 1. The fourth-order valence-corrected chi connectivity index (χ4v) is 5.45. The molecule has 2 aliphatic heterocycles. The number of amides is 1. The second-order valence-corrected chi connectivity index (χ2v) is 9.50. The highest BCUT2D eigenvalue weighted by atomic mass is 79.9. The molecule has 0 radical (unpaired) electrons. The van der Waals surface area contributed by atoms with Gasteiger partial charge in [-0.1, -0.05) is 34.1 Å². The third-order valence-electron chi connectivity index (χ3n) is 3.99. The fraction of sp³-hybridized carbons (Fsp3) is 0.467. The molecule has 1 aromatic carbocycles. The Morgan fingerprint density at radius 3 is 2.71 bits per heavy atom. The van der Waals surface area contributed by atoms with Gasteiger partial charge in [0.15, 0.2) is 5.17 Å². The summed E-state index contributed by atoms with van der Waals surface area (Å²) < 4.78 is 28.0. The Labute approximate surface area is 154 Å². The highest BCUT2D eigenvalue weighted by Gasteiger charge is 2.38. The molecule has 2 heterocycles. The van der Waals surface area contributed by atoms with Crippen molar-refractivity contribution in [1.82, 2.24) is 9.62 Å². The molecule has 1 atom stereocenters. The molecule has 0 aromatic heterocycles. The van der Waals surface area contributed by atoms with Crippen LogP contribution in [0.25, 0.3) is 0 Å². The number of carbonyl (C=O) groups is 1. The molecule has 0 unspecified atom stereocenters. The smallest absolute Gasteiger partial charge is 0.244 e. The van der Waals surface area contributed by atoms with Crippen LogP contribution in [0, 0.1) is 0 Å². The van der Waals surface area contributed by atoms with Gasteiger partial charge >= 0.3 is 0 Å². The average Bonchev–Trinajstić information content (AvgIpc) is 3.08. The van der Waals surface area contributed by atoms with Crippen molar-refractivity contribution in [3.05, 3.63) is 28.7 Å². The molecule has 9 heteroatoms.